The van der Waals surface area contributed by atoms with Gasteiger partial charge in [0.2, 0.25) is 5.95 Å². The number of hydrogen-bond donors (Lipinski definition) is 2. The van der Waals surface area contributed by atoms with E-state index in [2.05, 4.69) is 63.8 Å². The Morgan fingerprint density at radius 3 is 2.63 bits per heavy atom. The summed E-state index contributed by atoms with van der Waals surface area (Å²) in [5.41, 5.74) is 5.08. The molecule has 0 bridgehead atoms. The number of aliphatic hydroxyl groups is 1. The standard InChI is InChI=1S/C26H32N8O/c1-5-10-33-25(35)21-17-28-26(30-24(21)34(33)23-15-18(2)8-9-27-23)29-20-6-7-22(19(3)16-20)32-13-11-31(4)12-14-32/h5-9,15-17,25,35H,1,10-14H2,2-4H3,(H,28,29,30). The van der Waals surface area contributed by atoms with Crippen molar-refractivity contribution in [2.75, 3.05) is 55.0 Å². The summed E-state index contributed by atoms with van der Waals surface area (Å²) < 4.78 is 0. The van der Waals surface area contributed by atoms with Crippen LogP contribution in [0, 0.1) is 13.8 Å². The highest BCUT2D eigenvalue weighted by atomic mass is 16.3. The van der Waals surface area contributed by atoms with Crippen molar-refractivity contribution in [1.82, 2.24) is 24.9 Å². The van der Waals surface area contributed by atoms with Crippen molar-refractivity contribution in [2.45, 2.75) is 20.1 Å². The zero-order valence-electron chi connectivity index (χ0n) is 20.5. The van der Waals surface area contributed by atoms with Gasteiger partial charge >= 0.3 is 0 Å². The van der Waals surface area contributed by atoms with Crippen LogP contribution in [0.1, 0.15) is 22.9 Å². The van der Waals surface area contributed by atoms with Crippen molar-refractivity contribution < 1.29 is 5.11 Å². The predicted octanol–water partition coefficient (Wildman–Crippen LogP) is 3.53. The average molecular weight is 473 g/mol. The van der Waals surface area contributed by atoms with E-state index in [1.165, 1.54) is 11.3 Å². The normalized spacial score (nSPS) is 18.6. The second-order valence-electron chi connectivity index (χ2n) is 9.18. The second-order valence-corrected chi connectivity index (χ2v) is 9.18. The number of aliphatic hydroxyl groups excluding tert-OH is 1. The fraction of sp³-hybridized carbons (Fsp3) is 0.346. The molecule has 1 fully saturated rings. The Hall–Kier alpha value is -3.53. The van der Waals surface area contributed by atoms with Gasteiger partial charge in [0, 0.05) is 56.5 Å². The van der Waals surface area contributed by atoms with Crippen molar-refractivity contribution in [3.8, 4) is 0 Å². The van der Waals surface area contributed by atoms with E-state index in [4.69, 9.17) is 4.98 Å². The highest BCUT2D eigenvalue weighted by Gasteiger charge is 2.38. The van der Waals surface area contributed by atoms with Gasteiger partial charge in [0.05, 0.1) is 5.56 Å². The number of aryl methyl sites for hydroxylation is 2. The molecule has 0 spiro atoms. The number of pyridine rings is 1. The molecule has 2 aliphatic heterocycles. The first-order valence-corrected chi connectivity index (χ1v) is 11.9. The highest BCUT2D eigenvalue weighted by Crippen LogP contribution is 2.41. The summed E-state index contributed by atoms with van der Waals surface area (Å²) in [5.74, 6) is 1.74. The van der Waals surface area contributed by atoms with Gasteiger partial charge in [0.15, 0.2) is 12.0 Å². The monoisotopic (exact) mass is 472 g/mol. The van der Waals surface area contributed by atoms with Gasteiger partial charge in [-0.1, -0.05) is 6.08 Å². The molecular formula is C26H32N8O. The van der Waals surface area contributed by atoms with Crippen molar-refractivity contribution in [2.24, 2.45) is 0 Å². The van der Waals surface area contributed by atoms with Crippen molar-refractivity contribution in [3.63, 3.8) is 0 Å². The molecule has 4 heterocycles. The fourth-order valence-electron chi connectivity index (χ4n) is 4.64. The minimum absolute atomic E-state index is 0.433. The summed E-state index contributed by atoms with van der Waals surface area (Å²) >= 11 is 0. The van der Waals surface area contributed by atoms with Crippen LogP contribution in [0.4, 0.5) is 29.0 Å². The Morgan fingerprint density at radius 1 is 1.11 bits per heavy atom. The van der Waals surface area contributed by atoms with Crippen LogP contribution in [0.2, 0.25) is 0 Å². The first-order valence-electron chi connectivity index (χ1n) is 11.9. The third-order valence-corrected chi connectivity index (χ3v) is 6.54. The molecule has 0 saturated carbocycles. The van der Waals surface area contributed by atoms with Crippen molar-refractivity contribution >= 4 is 29.0 Å². The van der Waals surface area contributed by atoms with Gasteiger partial charge in [0.1, 0.15) is 5.82 Å². The molecule has 3 aromatic rings. The number of fused-ring (bicyclic) bond motifs is 1. The number of rotatable bonds is 6. The summed E-state index contributed by atoms with van der Waals surface area (Å²) in [6.45, 7) is 12.6. The second kappa shape index (κ2) is 9.61. The number of benzene rings is 1. The van der Waals surface area contributed by atoms with E-state index in [-0.39, 0.29) is 0 Å². The average Bonchev–Trinajstić information content (AvgIpc) is 3.11. The number of nitrogens with zero attached hydrogens (tertiary/aromatic N) is 7. The van der Waals surface area contributed by atoms with Gasteiger partial charge in [0.25, 0.3) is 0 Å². The number of nitrogens with one attached hydrogen (secondary N) is 1. The summed E-state index contributed by atoms with van der Waals surface area (Å²) in [5, 5.41) is 17.9. The molecule has 1 atom stereocenters. The molecule has 182 valence electrons. The lowest BCUT2D eigenvalue weighted by atomic mass is 10.1. The number of hydrogen-bond acceptors (Lipinski definition) is 9. The molecule has 0 radical (unpaired) electrons. The van der Waals surface area contributed by atoms with Crippen LogP contribution in [0.5, 0.6) is 0 Å². The number of aromatic nitrogens is 3. The maximum Gasteiger partial charge on any atom is 0.229 e. The Morgan fingerprint density at radius 2 is 1.91 bits per heavy atom. The van der Waals surface area contributed by atoms with Gasteiger partial charge in [-0.25, -0.2) is 15.0 Å². The molecule has 5 rings (SSSR count). The number of anilines is 5. The minimum Gasteiger partial charge on any atom is -0.372 e. The van der Waals surface area contributed by atoms with Gasteiger partial charge < -0.3 is 20.2 Å². The molecule has 2 aliphatic rings. The minimum atomic E-state index is -0.885. The summed E-state index contributed by atoms with van der Waals surface area (Å²) in [6, 6.07) is 10.3. The Bertz CT molecular complexity index is 1220. The maximum atomic E-state index is 11.0. The number of likely N-dealkylation sites (N-methyl/N-ethyl adjacent to an activating group) is 1. The lowest BCUT2D eigenvalue weighted by Crippen LogP contribution is -2.44. The van der Waals surface area contributed by atoms with Gasteiger partial charge in [-0.15, -0.1) is 6.58 Å². The zero-order chi connectivity index (χ0) is 24.5. The Kier molecular flexibility index (Phi) is 6.38. The van der Waals surface area contributed by atoms with Crippen molar-refractivity contribution in [1.29, 1.82) is 0 Å². The van der Waals surface area contributed by atoms with E-state index in [1.54, 1.807) is 23.5 Å². The van der Waals surface area contributed by atoms with Crippen LogP contribution in [0.25, 0.3) is 0 Å². The maximum absolute atomic E-state index is 11.0. The largest absolute Gasteiger partial charge is 0.372 e. The molecule has 0 aliphatic carbocycles. The molecule has 1 aromatic carbocycles. The van der Waals surface area contributed by atoms with E-state index in [9.17, 15) is 5.11 Å². The molecule has 2 aromatic heterocycles. The predicted molar refractivity (Wildman–Crippen MR) is 139 cm³/mol. The molecule has 35 heavy (non-hydrogen) atoms. The van der Waals surface area contributed by atoms with Crippen LogP contribution in [0.15, 0.2) is 55.4 Å². The third kappa shape index (κ3) is 4.58. The van der Waals surface area contributed by atoms with Crippen molar-refractivity contribution in [3.05, 3.63) is 72.1 Å². The number of hydrazine groups is 1. The fourth-order valence-corrected chi connectivity index (χ4v) is 4.64. The van der Waals surface area contributed by atoms with Crippen LogP contribution in [-0.4, -0.2) is 69.7 Å². The van der Waals surface area contributed by atoms with Crippen LogP contribution in [0.3, 0.4) is 0 Å². The number of piperazine rings is 1. The zero-order valence-corrected chi connectivity index (χ0v) is 20.5. The van der Waals surface area contributed by atoms with Crippen LogP contribution < -0.4 is 15.2 Å². The smallest absolute Gasteiger partial charge is 0.229 e. The van der Waals surface area contributed by atoms with E-state index in [0.29, 0.717) is 29.7 Å². The topological polar surface area (TPSA) is 83.9 Å². The quantitative estimate of drug-likeness (QED) is 0.524. The molecule has 1 unspecified atom stereocenters. The molecule has 2 N–H and O–H groups in total. The van der Waals surface area contributed by atoms with Crippen LogP contribution in [-0.2, 0) is 0 Å². The Balaban J connectivity index is 1.42. The van der Waals surface area contributed by atoms with Crippen LogP contribution >= 0.6 is 0 Å². The van der Waals surface area contributed by atoms with E-state index in [0.717, 1.165) is 37.4 Å². The van der Waals surface area contributed by atoms with Gasteiger partial charge in [-0.2, -0.15) is 9.99 Å². The Labute approximate surface area is 206 Å². The summed E-state index contributed by atoms with van der Waals surface area (Å²) in [4.78, 5) is 18.6. The first-order chi connectivity index (χ1) is 16.9. The molecular weight excluding hydrogens is 440 g/mol. The van der Waals surface area contributed by atoms with E-state index >= 15 is 0 Å². The first kappa shape index (κ1) is 23.2. The SMILES string of the molecule is C=CCN1C(O)c2cnc(Nc3ccc(N4CCN(C)CC4)c(C)c3)nc2N1c1cc(C)ccn1. The van der Waals surface area contributed by atoms with E-state index in [1.807, 2.05) is 24.1 Å². The lowest BCUT2D eigenvalue weighted by Gasteiger charge is -2.35. The highest BCUT2D eigenvalue weighted by molar-refractivity contribution is 5.67. The summed E-state index contributed by atoms with van der Waals surface area (Å²) in [6.07, 6.45) is 4.29. The molecule has 9 nitrogen and oxygen atoms in total. The molecule has 9 heteroatoms. The van der Waals surface area contributed by atoms with Gasteiger partial charge in [-0.3, -0.25) is 0 Å². The van der Waals surface area contributed by atoms with Gasteiger partial charge in [-0.05, 0) is 62.4 Å². The van der Waals surface area contributed by atoms with E-state index < -0.39 is 6.23 Å². The lowest BCUT2D eigenvalue weighted by molar-refractivity contribution is 0.0246. The molecule has 0 amide bonds. The molecule has 1 saturated heterocycles. The summed E-state index contributed by atoms with van der Waals surface area (Å²) in [7, 11) is 2.17. The third-order valence-electron chi connectivity index (χ3n) is 6.54.